The van der Waals surface area contributed by atoms with Crippen molar-refractivity contribution in [2.45, 2.75) is 12.3 Å². The molecule has 1 amide bonds. The Hall–Kier alpha value is -2.71. The molecule has 3 rings (SSSR count). The minimum absolute atomic E-state index is 0.0111. The van der Waals surface area contributed by atoms with Gasteiger partial charge in [-0.3, -0.25) is 9.78 Å². The average molecular weight is 392 g/mol. The molecule has 2 aromatic heterocycles. The number of pyridine rings is 1. The van der Waals surface area contributed by atoms with Crippen molar-refractivity contribution < 1.29 is 23.1 Å². The van der Waals surface area contributed by atoms with Crippen molar-refractivity contribution in [1.29, 1.82) is 0 Å². The summed E-state index contributed by atoms with van der Waals surface area (Å²) in [4.78, 5) is 15.3. The lowest BCUT2D eigenvalue weighted by atomic mass is 10.0. The van der Waals surface area contributed by atoms with E-state index in [1.165, 1.54) is 0 Å². The van der Waals surface area contributed by atoms with Gasteiger partial charge in [-0.15, -0.1) is 0 Å². The van der Waals surface area contributed by atoms with Crippen molar-refractivity contribution in [3.63, 3.8) is 0 Å². The number of carbonyl (C=O) groups excluding carboxylic acids is 1. The Balaban J connectivity index is 1.58. The molecular formula is C19H15F3N2O2S. The predicted molar refractivity (Wildman–Crippen MR) is 96.3 cm³/mol. The Morgan fingerprint density at radius 2 is 1.85 bits per heavy atom. The van der Waals surface area contributed by atoms with Crippen LogP contribution in [0.2, 0.25) is 0 Å². The number of rotatable bonds is 5. The molecule has 1 atom stereocenters. The fourth-order valence-electron chi connectivity index (χ4n) is 2.43. The summed E-state index contributed by atoms with van der Waals surface area (Å²) in [6.07, 6.45) is -4.63. The standard InChI is InChI=1S/C19H15F3N2O2S/c20-19(21,22)17-6-5-14(9-23-17)18(26)24-10-16(25)13-3-1-12(2-4-13)15-7-8-27-11-15/h1-9,11,16,25H,10H2,(H,24,26)/t16-/m1/s1. The second-order valence-electron chi connectivity index (χ2n) is 5.79. The molecule has 140 valence electrons. The van der Waals surface area contributed by atoms with Gasteiger partial charge in [0.2, 0.25) is 0 Å². The van der Waals surface area contributed by atoms with Crippen LogP contribution < -0.4 is 5.32 Å². The highest BCUT2D eigenvalue weighted by Crippen LogP contribution is 2.27. The van der Waals surface area contributed by atoms with Gasteiger partial charge in [0, 0.05) is 12.7 Å². The quantitative estimate of drug-likeness (QED) is 0.681. The highest BCUT2D eigenvalue weighted by Gasteiger charge is 2.32. The summed E-state index contributed by atoms with van der Waals surface area (Å²) in [5.41, 5.74) is 1.66. The van der Waals surface area contributed by atoms with Crippen LogP contribution in [0.1, 0.15) is 27.7 Å². The van der Waals surface area contributed by atoms with Gasteiger partial charge in [0.1, 0.15) is 5.69 Å². The number of thiophene rings is 1. The molecule has 8 heteroatoms. The number of hydrogen-bond acceptors (Lipinski definition) is 4. The Morgan fingerprint density at radius 1 is 1.11 bits per heavy atom. The van der Waals surface area contributed by atoms with E-state index >= 15 is 0 Å². The van der Waals surface area contributed by atoms with Gasteiger partial charge in [-0.1, -0.05) is 24.3 Å². The second-order valence-corrected chi connectivity index (χ2v) is 6.57. The van der Waals surface area contributed by atoms with Crippen LogP contribution in [0.25, 0.3) is 11.1 Å². The first-order chi connectivity index (χ1) is 12.8. The molecule has 0 aliphatic heterocycles. The lowest BCUT2D eigenvalue weighted by Gasteiger charge is -2.13. The Bertz CT molecular complexity index is 892. The predicted octanol–water partition coefficient (Wildman–Crippen LogP) is 4.29. The maximum atomic E-state index is 12.5. The topological polar surface area (TPSA) is 62.2 Å². The first-order valence-electron chi connectivity index (χ1n) is 7.96. The van der Waals surface area contributed by atoms with Crippen LogP contribution in [0, 0.1) is 0 Å². The summed E-state index contributed by atoms with van der Waals surface area (Å²) in [6, 6.07) is 11.1. The van der Waals surface area contributed by atoms with E-state index in [0.717, 1.165) is 29.5 Å². The van der Waals surface area contributed by atoms with E-state index in [-0.39, 0.29) is 12.1 Å². The van der Waals surface area contributed by atoms with Crippen LogP contribution in [0.3, 0.4) is 0 Å². The van der Waals surface area contributed by atoms with Crippen molar-refractivity contribution in [3.8, 4) is 11.1 Å². The van der Waals surface area contributed by atoms with Gasteiger partial charge in [0.05, 0.1) is 11.7 Å². The van der Waals surface area contributed by atoms with E-state index in [4.69, 9.17) is 0 Å². The SMILES string of the molecule is O=C(NC[C@@H](O)c1ccc(-c2ccsc2)cc1)c1ccc(C(F)(F)F)nc1. The Kier molecular flexibility index (Phi) is 5.57. The number of nitrogens with one attached hydrogen (secondary N) is 1. The van der Waals surface area contributed by atoms with E-state index in [1.54, 1.807) is 23.5 Å². The summed E-state index contributed by atoms with van der Waals surface area (Å²) < 4.78 is 37.5. The van der Waals surface area contributed by atoms with E-state index in [2.05, 4.69) is 10.3 Å². The number of halogens is 3. The molecule has 0 aliphatic rings. The summed E-state index contributed by atoms with van der Waals surface area (Å²) in [7, 11) is 0. The molecule has 0 radical (unpaired) electrons. The van der Waals surface area contributed by atoms with Crippen molar-refractivity contribution in [2.24, 2.45) is 0 Å². The van der Waals surface area contributed by atoms with Gasteiger partial charge in [-0.2, -0.15) is 24.5 Å². The molecule has 1 aromatic carbocycles. The van der Waals surface area contributed by atoms with Gasteiger partial charge in [0.15, 0.2) is 0 Å². The minimum Gasteiger partial charge on any atom is -0.387 e. The van der Waals surface area contributed by atoms with E-state index in [0.29, 0.717) is 5.56 Å². The van der Waals surface area contributed by atoms with Crippen LogP contribution in [0.5, 0.6) is 0 Å². The molecule has 0 unspecified atom stereocenters. The number of carbonyl (C=O) groups is 1. The summed E-state index contributed by atoms with van der Waals surface area (Å²) in [5.74, 6) is -0.606. The van der Waals surface area contributed by atoms with Crippen LogP contribution in [-0.2, 0) is 6.18 Å². The number of amides is 1. The molecule has 0 saturated carbocycles. The van der Waals surface area contributed by atoms with Crippen molar-refractivity contribution in [3.05, 3.63) is 76.2 Å². The average Bonchev–Trinajstić information content (AvgIpc) is 3.20. The fourth-order valence-corrected chi connectivity index (χ4v) is 3.10. The number of nitrogens with zero attached hydrogens (tertiary/aromatic N) is 1. The van der Waals surface area contributed by atoms with Gasteiger partial charge in [-0.25, -0.2) is 0 Å². The number of hydrogen-bond donors (Lipinski definition) is 2. The van der Waals surface area contributed by atoms with Crippen LogP contribution in [-0.4, -0.2) is 22.5 Å². The van der Waals surface area contributed by atoms with Crippen molar-refractivity contribution in [2.75, 3.05) is 6.54 Å². The van der Waals surface area contributed by atoms with E-state index in [9.17, 15) is 23.1 Å². The maximum absolute atomic E-state index is 12.5. The van der Waals surface area contributed by atoms with Crippen molar-refractivity contribution >= 4 is 17.2 Å². The molecule has 2 heterocycles. The highest BCUT2D eigenvalue weighted by atomic mass is 32.1. The Labute approximate surface area is 157 Å². The fraction of sp³-hybridized carbons (Fsp3) is 0.158. The first kappa shape index (κ1) is 19.1. The van der Waals surface area contributed by atoms with Crippen LogP contribution in [0.4, 0.5) is 13.2 Å². The van der Waals surface area contributed by atoms with Gasteiger partial charge in [0.25, 0.3) is 5.91 Å². The Morgan fingerprint density at radius 3 is 2.41 bits per heavy atom. The molecule has 0 spiro atoms. The minimum atomic E-state index is -4.56. The zero-order valence-corrected chi connectivity index (χ0v) is 14.7. The lowest BCUT2D eigenvalue weighted by molar-refractivity contribution is -0.141. The molecule has 0 saturated heterocycles. The van der Waals surface area contributed by atoms with E-state index in [1.807, 2.05) is 29.0 Å². The van der Waals surface area contributed by atoms with Gasteiger partial charge in [-0.05, 0) is 45.6 Å². The summed E-state index contributed by atoms with van der Waals surface area (Å²) in [5, 5.41) is 16.7. The zero-order chi connectivity index (χ0) is 19.4. The number of aromatic nitrogens is 1. The molecule has 0 fully saturated rings. The number of aliphatic hydroxyl groups is 1. The molecule has 2 N–H and O–H groups in total. The monoisotopic (exact) mass is 392 g/mol. The van der Waals surface area contributed by atoms with Gasteiger partial charge < -0.3 is 10.4 Å². The van der Waals surface area contributed by atoms with Crippen molar-refractivity contribution in [1.82, 2.24) is 10.3 Å². The molecule has 4 nitrogen and oxygen atoms in total. The normalized spacial score (nSPS) is 12.6. The number of aliphatic hydroxyl groups excluding tert-OH is 1. The van der Waals surface area contributed by atoms with Crippen LogP contribution >= 0.6 is 11.3 Å². The third kappa shape index (κ3) is 4.72. The first-order valence-corrected chi connectivity index (χ1v) is 8.91. The van der Waals surface area contributed by atoms with Crippen LogP contribution in [0.15, 0.2) is 59.4 Å². The van der Waals surface area contributed by atoms with Gasteiger partial charge >= 0.3 is 6.18 Å². The molecule has 0 bridgehead atoms. The second kappa shape index (κ2) is 7.89. The summed E-state index contributed by atoms with van der Waals surface area (Å²) >= 11 is 1.59. The summed E-state index contributed by atoms with van der Waals surface area (Å²) in [6.45, 7) is -0.0718. The lowest BCUT2D eigenvalue weighted by Crippen LogP contribution is -2.28. The molecular weight excluding hydrogens is 377 g/mol. The maximum Gasteiger partial charge on any atom is 0.433 e. The number of alkyl halides is 3. The third-order valence-electron chi connectivity index (χ3n) is 3.92. The third-order valence-corrected chi connectivity index (χ3v) is 4.61. The number of benzene rings is 1. The molecule has 27 heavy (non-hydrogen) atoms. The smallest absolute Gasteiger partial charge is 0.387 e. The molecule has 0 aliphatic carbocycles. The highest BCUT2D eigenvalue weighted by molar-refractivity contribution is 7.08. The molecule has 3 aromatic rings. The zero-order valence-electron chi connectivity index (χ0n) is 13.9. The van der Waals surface area contributed by atoms with E-state index < -0.39 is 23.9 Å². The largest absolute Gasteiger partial charge is 0.433 e.